The molecule has 1 aliphatic rings. The number of hydrogen-bond donors (Lipinski definition) is 0. The maximum Gasteiger partial charge on any atom is 0.525 e. The first-order valence-corrected chi connectivity index (χ1v) is 6.87. The number of nitrogens with zero attached hydrogens (tertiary/aromatic N) is 3. The van der Waals surface area contributed by atoms with Crippen molar-refractivity contribution < 1.29 is 13.7 Å². The second kappa shape index (κ2) is 5.62. The van der Waals surface area contributed by atoms with E-state index < -0.39 is 24.0 Å². The lowest BCUT2D eigenvalue weighted by atomic mass is 9.87. The van der Waals surface area contributed by atoms with Gasteiger partial charge in [-0.1, -0.05) is 0 Å². The lowest BCUT2D eigenvalue weighted by Gasteiger charge is -2.32. The van der Waals surface area contributed by atoms with Crippen molar-refractivity contribution in [3.05, 3.63) is 23.7 Å². The Morgan fingerprint density at radius 2 is 2.05 bits per heavy atom. The Kier molecular flexibility index (Phi) is 4.21. The molecule has 0 spiro atoms. The Bertz CT molecular complexity index is 573. The molecule has 0 bridgehead atoms. The Labute approximate surface area is 124 Å². The summed E-state index contributed by atoms with van der Waals surface area (Å²) in [5, 5.41) is 12.6. The van der Waals surface area contributed by atoms with Crippen LogP contribution in [0.5, 0.6) is 0 Å². The normalized spacial score (nSPS) is 20.6. The summed E-state index contributed by atoms with van der Waals surface area (Å²) in [5.74, 6) is 0. The van der Waals surface area contributed by atoms with Gasteiger partial charge >= 0.3 is 7.12 Å². The fourth-order valence-corrected chi connectivity index (χ4v) is 1.92. The van der Waals surface area contributed by atoms with Crippen LogP contribution in [0, 0.1) is 11.3 Å². The van der Waals surface area contributed by atoms with Crippen LogP contribution in [0.3, 0.4) is 0 Å². The molecule has 0 atom stereocenters. The topological polar surface area (TPSA) is 60.1 Å². The molecule has 0 unspecified atom stereocenters. The van der Waals surface area contributed by atoms with Crippen molar-refractivity contribution in [3.8, 4) is 6.07 Å². The van der Waals surface area contributed by atoms with Gasteiger partial charge in [0.1, 0.15) is 5.73 Å². The molecular formula is C14H19BFN3O2. The van der Waals surface area contributed by atoms with E-state index in [1.165, 1.54) is 6.08 Å². The standard InChI is InChI=1S/C14H19BFN3O2/c1-13(2)14(3,4)21-15(20-13)12(16)8-11-9-18-19(10-11)7-5-6-17/h8-10H,5,7H2,1-4H3. The first kappa shape index (κ1) is 15.7. The first-order chi connectivity index (χ1) is 9.75. The molecule has 1 aliphatic heterocycles. The Morgan fingerprint density at radius 3 is 2.62 bits per heavy atom. The number of nitriles is 1. The van der Waals surface area contributed by atoms with Crippen LogP contribution in [0.2, 0.25) is 0 Å². The minimum absolute atomic E-state index is 0.366. The van der Waals surface area contributed by atoms with E-state index in [0.717, 1.165) is 0 Å². The van der Waals surface area contributed by atoms with Gasteiger partial charge in [-0.2, -0.15) is 10.4 Å². The Morgan fingerprint density at radius 1 is 1.43 bits per heavy atom. The molecule has 2 rings (SSSR count). The van der Waals surface area contributed by atoms with Crippen LogP contribution >= 0.6 is 0 Å². The Balaban J connectivity index is 2.08. The van der Waals surface area contributed by atoms with E-state index in [2.05, 4.69) is 5.10 Å². The maximum absolute atomic E-state index is 14.3. The molecule has 0 aliphatic carbocycles. The molecule has 0 radical (unpaired) electrons. The number of halogens is 1. The number of rotatable bonds is 4. The van der Waals surface area contributed by atoms with Crippen LogP contribution in [0.15, 0.2) is 18.1 Å². The molecule has 0 saturated carbocycles. The molecule has 5 nitrogen and oxygen atoms in total. The van der Waals surface area contributed by atoms with Crippen LogP contribution in [0.4, 0.5) is 4.39 Å². The molecule has 2 heterocycles. The van der Waals surface area contributed by atoms with Crippen molar-refractivity contribution in [2.45, 2.75) is 51.9 Å². The summed E-state index contributed by atoms with van der Waals surface area (Å²) in [6.45, 7) is 7.99. The summed E-state index contributed by atoms with van der Waals surface area (Å²) in [6, 6.07) is 2.04. The van der Waals surface area contributed by atoms with Crippen LogP contribution in [-0.2, 0) is 15.9 Å². The molecule has 0 N–H and O–H groups in total. The molecule has 1 fully saturated rings. The van der Waals surface area contributed by atoms with E-state index >= 15 is 0 Å². The highest BCUT2D eigenvalue weighted by molar-refractivity contribution is 6.54. The molecule has 1 saturated heterocycles. The monoisotopic (exact) mass is 291 g/mol. The van der Waals surface area contributed by atoms with E-state index in [0.29, 0.717) is 18.5 Å². The van der Waals surface area contributed by atoms with Gasteiger partial charge in [-0.05, 0) is 33.8 Å². The van der Waals surface area contributed by atoms with Crippen molar-refractivity contribution in [1.29, 1.82) is 5.26 Å². The summed E-state index contributed by atoms with van der Waals surface area (Å²) in [5.41, 5.74) is -1.02. The second-order valence-electron chi connectivity index (χ2n) is 6.06. The molecule has 1 aromatic heterocycles. The highest BCUT2D eigenvalue weighted by Crippen LogP contribution is 2.38. The van der Waals surface area contributed by atoms with Gasteiger partial charge in [-0.25, -0.2) is 4.39 Å². The average molecular weight is 291 g/mol. The minimum Gasteiger partial charge on any atom is -0.398 e. The zero-order valence-corrected chi connectivity index (χ0v) is 12.8. The highest BCUT2D eigenvalue weighted by atomic mass is 19.1. The van der Waals surface area contributed by atoms with E-state index in [9.17, 15) is 4.39 Å². The van der Waals surface area contributed by atoms with Gasteiger partial charge in [0.25, 0.3) is 0 Å². The zero-order chi connectivity index (χ0) is 15.7. The summed E-state index contributed by atoms with van der Waals surface area (Å²) in [4.78, 5) is 0. The van der Waals surface area contributed by atoms with Crippen LogP contribution in [0.1, 0.15) is 39.7 Å². The number of hydrogen-bond acceptors (Lipinski definition) is 4. The predicted octanol–water partition coefficient (Wildman–Crippen LogP) is 2.74. The van der Waals surface area contributed by atoms with Gasteiger partial charge in [0.15, 0.2) is 0 Å². The third-order valence-corrected chi connectivity index (χ3v) is 3.89. The summed E-state index contributed by atoms with van der Waals surface area (Å²) in [6.07, 6.45) is 4.94. The minimum atomic E-state index is -1.00. The molecule has 7 heteroatoms. The molecule has 0 amide bonds. The van der Waals surface area contributed by atoms with Gasteiger partial charge in [-0.3, -0.25) is 4.68 Å². The lowest BCUT2D eigenvalue weighted by Crippen LogP contribution is -2.41. The smallest absolute Gasteiger partial charge is 0.398 e. The summed E-state index contributed by atoms with van der Waals surface area (Å²) < 4.78 is 27.1. The molecular weight excluding hydrogens is 272 g/mol. The van der Waals surface area contributed by atoms with E-state index in [1.54, 1.807) is 17.1 Å². The van der Waals surface area contributed by atoms with E-state index in [1.807, 2.05) is 33.8 Å². The van der Waals surface area contributed by atoms with Crippen LogP contribution in [-0.4, -0.2) is 28.1 Å². The van der Waals surface area contributed by atoms with Gasteiger partial charge in [0, 0.05) is 11.8 Å². The van der Waals surface area contributed by atoms with Crippen LogP contribution < -0.4 is 0 Å². The van der Waals surface area contributed by atoms with E-state index in [-0.39, 0.29) is 0 Å². The Hall–Kier alpha value is -1.65. The van der Waals surface area contributed by atoms with Crippen molar-refractivity contribution >= 4 is 13.2 Å². The predicted molar refractivity (Wildman–Crippen MR) is 77.6 cm³/mol. The number of aromatic nitrogens is 2. The highest BCUT2D eigenvalue weighted by Gasteiger charge is 2.53. The van der Waals surface area contributed by atoms with Crippen LogP contribution in [0.25, 0.3) is 6.08 Å². The SMILES string of the molecule is CC1(C)OB(C(F)=Cc2cnn(CCC#N)c2)OC1(C)C. The third kappa shape index (κ3) is 3.34. The van der Waals surface area contributed by atoms with Gasteiger partial charge in [0.05, 0.1) is 36.4 Å². The average Bonchev–Trinajstić information content (AvgIpc) is 2.90. The second-order valence-corrected chi connectivity index (χ2v) is 6.06. The molecule has 21 heavy (non-hydrogen) atoms. The molecule has 0 aromatic carbocycles. The lowest BCUT2D eigenvalue weighted by molar-refractivity contribution is 0.00578. The molecule has 112 valence electrons. The molecule has 1 aromatic rings. The zero-order valence-electron chi connectivity index (χ0n) is 12.8. The van der Waals surface area contributed by atoms with E-state index in [4.69, 9.17) is 14.6 Å². The first-order valence-electron chi connectivity index (χ1n) is 6.87. The maximum atomic E-state index is 14.3. The van der Waals surface area contributed by atoms with Crippen molar-refractivity contribution in [1.82, 2.24) is 9.78 Å². The van der Waals surface area contributed by atoms with Gasteiger partial charge in [0.2, 0.25) is 0 Å². The van der Waals surface area contributed by atoms with Crippen molar-refractivity contribution in [2.75, 3.05) is 0 Å². The largest absolute Gasteiger partial charge is 0.525 e. The van der Waals surface area contributed by atoms with Gasteiger partial charge in [-0.15, -0.1) is 0 Å². The summed E-state index contributed by atoms with van der Waals surface area (Å²) >= 11 is 0. The number of aryl methyl sites for hydroxylation is 1. The third-order valence-electron chi connectivity index (χ3n) is 3.89. The van der Waals surface area contributed by atoms with Crippen molar-refractivity contribution in [3.63, 3.8) is 0 Å². The van der Waals surface area contributed by atoms with Crippen molar-refractivity contribution in [2.24, 2.45) is 0 Å². The quantitative estimate of drug-likeness (QED) is 0.800. The fourth-order valence-electron chi connectivity index (χ4n) is 1.92. The van der Waals surface area contributed by atoms with Gasteiger partial charge < -0.3 is 9.31 Å². The summed E-state index contributed by atoms with van der Waals surface area (Å²) in [7, 11) is -1.00. The fraction of sp³-hybridized carbons (Fsp3) is 0.571.